The van der Waals surface area contributed by atoms with Crippen LogP contribution in [0.3, 0.4) is 0 Å². The molecule has 2 heteroatoms. The van der Waals surface area contributed by atoms with Gasteiger partial charge in [-0.05, 0) is 56.4 Å². The van der Waals surface area contributed by atoms with Crippen molar-refractivity contribution in [1.29, 1.82) is 0 Å². The van der Waals surface area contributed by atoms with E-state index in [9.17, 15) is 0 Å². The minimum Gasteiger partial charge on any atom is -0.287 e. The molecule has 0 aliphatic heterocycles. The van der Waals surface area contributed by atoms with Gasteiger partial charge in [0.2, 0.25) is 0 Å². The number of allylic oxidation sites excluding steroid dienone is 2. The van der Waals surface area contributed by atoms with Gasteiger partial charge in [-0.3, -0.25) is 9.98 Å². The second-order valence-corrected chi connectivity index (χ2v) is 5.87. The number of aliphatic imine (C=N–C) groups is 2. The zero-order valence-electron chi connectivity index (χ0n) is 12.7. The average molecular weight is 268 g/mol. The largest absolute Gasteiger partial charge is 0.287 e. The van der Waals surface area contributed by atoms with Gasteiger partial charge in [0, 0.05) is 17.5 Å². The molecule has 2 nitrogen and oxygen atoms in total. The Labute approximate surface area is 122 Å². The lowest BCUT2D eigenvalue weighted by Gasteiger charge is -2.14. The van der Waals surface area contributed by atoms with Crippen LogP contribution >= 0.6 is 0 Å². The molecule has 2 rings (SSSR count). The topological polar surface area (TPSA) is 24.7 Å². The summed E-state index contributed by atoms with van der Waals surface area (Å²) < 4.78 is 0. The van der Waals surface area contributed by atoms with Crippen molar-refractivity contribution in [3.63, 3.8) is 0 Å². The van der Waals surface area contributed by atoms with Crippen LogP contribution in [0.4, 0.5) is 5.69 Å². The van der Waals surface area contributed by atoms with Gasteiger partial charge in [0.15, 0.2) is 0 Å². The first kappa shape index (κ1) is 14.7. The van der Waals surface area contributed by atoms with Crippen LogP contribution in [0.5, 0.6) is 0 Å². The van der Waals surface area contributed by atoms with Crippen molar-refractivity contribution in [1.82, 2.24) is 0 Å². The maximum Gasteiger partial charge on any atom is 0.0632 e. The van der Waals surface area contributed by atoms with Gasteiger partial charge < -0.3 is 0 Å². The zero-order valence-corrected chi connectivity index (χ0v) is 12.7. The Morgan fingerprint density at radius 1 is 0.950 bits per heavy atom. The SMILES string of the molecule is CC(C)CC(C)N=C1C=CC(=Nc2ccccc2)CC1. The summed E-state index contributed by atoms with van der Waals surface area (Å²) in [4.78, 5) is 9.45. The Morgan fingerprint density at radius 2 is 1.60 bits per heavy atom. The van der Waals surface area contributed by atoms with E-state index in [-0.39, 0.29) is 0 Å². The van der Waals surface area contributed by atoms with E-state index in [0.717, 1.165) is 30.7 Å². The number of hydrogen-bond acceptors (Lipinski definition) is 2. The van der Waals surface area contributed by atoms with Crippen molar-refractivity contribution in [2.45, 2.75) is 46.1 Å². The van der Waals surface area contributed by atoms with Crippen molar-refractivity contribution < 1.29 is 0 Å². The summed E-state index contributed by atoms with van der Waals surface area (Å²) >= 11 is 0. The van der Waals surface area contributed by atoms with Gasteiger partial charge in [0.1, 0.15) is 0 Å². The lowest BCUT2D eigenvalue weighted by molar-refractivity contribution is 0.521. The lowest BCUT2D eigenvalue weighted by atomic mass is 10.0. The minimum atomic E-state index is 0.419. The molecule has 106 valence electrons. The first-order valence-corrected chi connectivity index (χ1v) is 7.51. The molecule has 0 saturated heterocycles. The number of hydrogen-bond donors (Lipinski definition) is 0. The second kappa shape index (κ2) is 7.18. The molecule has 1 aliphatic rings. The van der Waals surface area contributed by atoms with E-state index in [1.54, 1.807) is 0 Å². The summed E-state index contributed by atoms with van der Waals surface area (Å²) in [5.74, 6) is 0.706. The highest BCUT2D eigenvalue weighted by molar-refractivity contribution is 6.09. The average Bonchev–Trinajstić information content (AvgIpc) is 2.41. The number of nitrogens with zero attached hydrogens (tertiary/aromatic N) is 2. The fourth-order valence-corrected chi connectivity index (χ4v) is 2.50. The number of rotatable bonds is 4. The highest BCUT2D eigenvalue weighted by Crippen LogP contribution is 2.16. The smallest absolute Gasteiger partial charge is 0.0632 e. The second-order valence-electron chi connectivity index (χ2n) is 5.87. The van der Waals surface area contributed by atoms with Crippen molar-refractivity contribution in [3.8, 4) is 0 Å². The Kier molecular flexibility index (Phi) is 5.28. The summed E-state index contributed by atoms with van der Waals surface area (Å²) in [7, 11) is 0. The van der Waals surface area contributed by atoms with Gasteiger partial charge in [0.25, 0.3) is 0 Å². The molecule has 0 spiro atoms. The zero-order chi connectivity index (χ0) is 14.4. The highest BCUT2D eigenvalue weighted by Gasteiger charge is 2.09. The summed E-state index contributed by atoms with van der Waals surface area (Å²) in [6.07, 6.45) is 7.38. The minimum absolute atomic E-state index is 0.419. The van der Waals surface area contributed by atoms with Crippen molar-refractivity contribution >= 4 is 17.1 Å². The quantitative estimate of drug-likeness (QED) is 0.735. The third-order valence-electron chi connectivity index (χ3n) is 3.33. The molecular weight excluding hydrogens is 244 g/mol. The molecule has 0 N–H and O–H groups in total. The van der Waals surface area contributed by atoms with Crippen molar-refractivity contribution in [2.24, 2.45) is 15.9 Å². The van der Waals surface area contributed by atoms with Crippen LogP contribution in [0, 0.1) is 5.92 Å². The third kappa shape index (κ3) is 4.76. The van der Waals surface area contributed by atoms with Gasteiger partial charge in [-0.15, -0.1) is 0 Å². The molecule has 0 fully saturated rings. The molecule has 1 aromatic carbocycles. The molecule has 0 heterocycles. The fourth-order valence-electron chi connectivity index (χ4n) is 2.50. The molecular formula is C18H24N2. The predicted octanol–water partition coefficient (Wildman–Crippen LogP) is 4.98. The molecule has 0 saturated carbocycles. The van der Waals surface area contributed by atoms with E-state index >= 15 is 0 Å². The molecule has 1 atom stereocenters. The molecule has 0 amide bonds. The van der Waals surface area contributed by atoms with E-state index in [4.69, 9.17) is 4.99 Å². The molecule has 0 aromatic heterocycles. The maximum absolute atomic E-state index is 4.79. The van der Waals surface area contributed by atoms with E-state index in [0.29, 0.717) is 12.0 Å². The molecule has 0 radical (unpaired) electrons. The van der Waals surface area contributed by atoms with Crippen molar-refractivity contribution in [3.05, 3.63) is 42.5 Å². The highest BCUT2D eigenvalue weighted by atomic mass is 14.8. The van der Waals surface area contributed by atoms with Crippen molar-refractivity contribution in [2.75, 3.05) is 0 Å². The summed E-state index contributed by atoms with van der Waals surface area (Å²) in [5.41, 5.74) is 3.39. The van der Waals surface area contributed by atoms with Gasteiger partial charge in [-0.2, -0.15) is 0 Å². The van der Waals surface area contributed by atoms with Crippen LogP contribution in [0.25, 0.3) is 0 Å². The van der Waals surface area contributed by atoms with Crippen LogP contribution in [-0.4, -0.2) is 17.5 Å². The molecule has 1 unspecified atom stereocenters. The fraction of sp³-hybridized carbons (Fsp3) is 0.444. The first-order chi connectivity index (χ1) is 9.63. The lowest BCUT2D eigenvalue weighted by Crippen LogP contribution is -2.11. The molecule has 1 aromatic rings. The Bertz CT molecular complexity index is 509. The van der Waals surface area contributed by atoms with E-state index in [1.807, 2.05) is 30.3 Å². The molecule has 1 aliphatic carbocycles. The van der Waals surface area contributed by atoms with Gasteiger partial charge >= 0.3 is 0 Å². The summed E-state index contributed by atoms with van der Waals surface area (Å²) in [6, 6.07) is 10.5. The Hall–Kier alpha value is -1.70. The Balaban J connectivity index is 2.00. The normalized spacial score (nSPS) is 20.8. The van der Waals surface area contributed by atoms with Crippen LogP contribution in [0.15, 0.2) is 52.5 Å². The van der Waals surface area contributed by atoms with E-state index in [1.165, 1.54) is 5.71 Å². The molecule has 0 bridgehead atoms. The van der Waals surface area contributed by atoms with Gasteiger partial charge in [-0.25, -0.2) is 0 Å². The summed E-state index contributed by atoms with van der Waals surface area (Å²) in [5, 5.41) is 0. The maximum atomic E-state index is 4.79. The third-order valence-corrected chi connectivity index (χ3v) is 3.33. The summed E-state index contributed by atoms with van der Waals surface area (Å²) in [6.45, 7) is 6.70. The standard InChI is InChI=1S/C18H24N2/c1-14(2)13-15(3)19-17-9-11-18(12-10-17)20-16-7-5-4-6-8-16/h4-9,11,14-15H,10,12-13H2,1-3H3. The first-order valence-electron chi connectivity index (χ1n) is 7.51. The van der Waals surface area contributed by atoms with Crippen LogP contribution < -0.4 is 0 Å². The monoisotopic (exact) mass is 268 g/mol. The van der Waals surface area contributed by atoms with Crippen LogP contribution in [0.2, 0.25) is 0 Å². The molecule has 20 heavy (non-hydrogen) atoms. The predicted molar refractivity (Wildman–Crippen MR) is 88.3 cm³/mol. The van der Waals surface area contributed by atoms with Crippen LogP contribution in [-0.2, 0) is 0 Å². The Morgan fingerprint density at radius 3 is 2.20 bits per heavy atom. The number of benzene rings is 1. The van der Waals surface area contributed by atoms with E-state index < -0.39 is 0 Å². The van der Waals surface area contributed by atoms with Gasteiger partial charge in [0.05, 0.1) is 5.69 Å². The van der Waals surface area contributed by atoms with Gasteiger partial charge in [-0.1, -0.05) is 32.0 Å². The number of para-hydroxylation sites is 1. The van der Waals surface area contributed by atoms with Crippen LogP contribution in [0.1, 0.15) is 40.0 Å². The van der Waals surface area contributed by atoms with E-state index in [2.05, 4.69) is 37.9 Å².